The molecule has 1 aromatic heterocycles. The maximum atomic E-state index is 12.9. The second kappa shape index (κ2) is 7.81. The van der Waals surface area contributed by atoms with E-state index in [0.717, 1.165) is 12.0 Å². The fourth-order valence-electron chi connectivity index (χ4n) is 4.26. The van der Waals surface area contributed by atoms with Crippen molar-refractivity contribution in [1.29, 1.82) is 0 Å². The summed E-state index contributed by atoms with van der Waals surface area (Å²) in [6, 6.07) is 9.77. The first kappa shape index (κ1) is 19.4. The molecule has 1 saturated heterocycles. The first-order valence-corrected chi connectivity index (χ1v) is 10.1. The summed E-state index contributed by atoms with van der Waals surface area (Å²) in [4.78, 5) is 48.4. The van der Waals surface area contributed by atoms with E-state index < -0.39 is 0 Å². The number of hydrogen-bond acceptors (Lipinski definition) is 4. The molecule has 2 aliphatic heterocycles. The van der Waals surface area contributed by atoms with Crippen LogP contribution in [-0.2, 0) is 22.6 Å². The normalized spacial score (nSPS) is 19.7. The largest absolute Gasteiger partial charge is 0.341 e. The van der Waals surface area contributed by atoms with Crippen molar-refractivity contribution in [3.05, 3.63) is 63.3 Å². The third-order valence-electron chi connectivity index (χ3n) is 6.09. The van der Waals surface area contributed by atoms with Crippen LogP contribution < -0.4 is 5.56 Å². The van der Waals surface area contributed by atoms with Gasteiger partial charge >= 0.3 is 0 Å². The van der Waals surface area contributed by atoms with Gasteiger partial charge in [-0.2, -0.15) is 0 Å². The molecule has 7 heteroatoms. The van der Waals surface area contributed by atoms with E-state index in [0.29, 0.717) is 49.7 Å². The average Bonchev–Trinajstić information content (AvgIpc) is 3.23. The number of rotatable bonds is 3. The van der Waals surface area contributed by atoms with Crippen molar-refractivity contribution in [2.45, 2.75) is 45.1 Å². The van der Waals surface area contributed by atoms with Crippen molar-refractivity contribution < 1.29 is 9.59 Å². The summed E-state index contributed by atoms with van der Waals surface area (Å²) >= 11 is 0. The molecule has 0 saturated carbocycles. The molecule has 0 unspecified atom stereocenters. The quantitative estimate of drug-likeness (QED) is 0.860. The van der Waals surface area contributed by atoms with E-state index in [1.165, 1.54) is 6.92 Å². The molecule has 3 heterocycles. The Kier molecular flexibility index (Phi) is 5.22. The maximum Gasteiger partial charge on any atom is 0.254 e. The molecule has 1 fully saturated rings. The predicted molar refractivity (Wildman–Crippen MR) is 108 cm³/mol. The summed E-state index contributed by atoms with van der Waals surface area (Å²) in [7, 11) is 0. The standard InChI is InChI=1S/C22H26N4O3/c1-14(16-6-4-3-5-7-16)22(29)26-10-8-17(12-26)20-23-19-13-25(15(2)27)11-9-18(19)21(28)24-20/h3-7,14,17H,8-13H2,1-2H3,(H,23,24,28)/t14-,17-/m0/s1. The minimum atomic E-state index is -0.199. The van der Waals surface area contributed by atoms with E-state index in [2.05, 4.69) is 4.98 Å². The van der Waals surface area contributed by atoms with Gasteiger partial charge in [-0.25, -0.2) is 4.98 Å². The van der Waals surface area contributed by atoms with Gasteiger partial charge in [0.2, 0.25) is 11.8 Å². The number of fused-ring (bicyclic) bond motifs is 1. The highest BCUT2D eigenvalue weighted by molar-refractivity contribution is 5.83. The molecule has 1 N–H and O–H groups in total. The molecule has 7 nitrogen and oxygen atoms in total. The monoisotopic (exact) mass is 394 g/mol. The number of aromatic nitrogens is 2. The fourth-order valence-corrected chi connectivity index (χ4v) is 4.26. The van der Waals surface area contributed by atoms with Crippen LogP contribution in [0.25, 0.3) is 0 Å². The summed E-state index contributed by atoms with van der Waals surface area (Å²) in [5.74, 6) is 0.526. The zero-order chi connectivity index (χ0) is 20.5. The van der Waals surface area contributed by atoms with E-state index >= 15 is 0 Å². The van der Waals surface area contributed by atoms with E-state index in [1.54, 1.807) is 4.90 Å². The van der Waals surface area contributed by atoms with E-state index in [4.69, 9.17) is 4.98 Å². The molecule has 0 spiro atoms. The third kappa shape index (κ3) is 3.81. The second-order valence-electron chi connectivity index (χ2n) is 7.97. The summed E-state index contributed by atoms with van der Waals surface area (Å²) < 4.78 is 0. The molecular formula is C22H26N4O3. The summed E-state index contributed by atoms with van der Waals surface area (Å²) in [6.07, 6.45) is 1.30. The van der Waals surface area contributed by atoms with Crippen LogP contribution in [0.3, 0.4) is 0 Å². The first-order chi connectivity index (χ1) is 13.9. The number of benzene rings is 1. The van der Waals surface area contributed by atoms with Crippen molar-refractivity contribution in [2.75, 3.05) is 19.6 Å². The third-order valence-corrected chi connectivity index (χ3v) is 6.09. The lowest BCUT2D eigenvalue weighted by Gasteiger charge is -2.27. The van der Waals surface area contributed by atoms with Gasteiger partial charge in [0.05, 0.1) is 18.2 Å². The van der Waals surface area contributed by atoms with Gasteiger partial charge in [0.1, 0.15) is 5.82 Å². The van der Waals surface area contributed by atoms with Crippen LogP contribution in [0.4, 0.5) is 0 Å². The van der Waals surface area contributed by atoms with Gasteiger partial charge in [0, 0.05) is 38.0 Å². The zero-order valence-corrected chi connectivity index (χ0v) is 16.9. The highest BCUT2D eigenvalue weighted by Crippen LogP contribution is 2.28. The van der Waals surface area contributed by atoms with Crippen LogP contribution in [0.15, 0.2) is 35.1 Å². The molecule has 152 valence electrons. The molecular weight excluding hydrogens is 368 g/mol. The Balaban J connectivity index is 1.50. The van der Waals surface area contributed by atoms with Crippen molar-refractivity contribution in [2.24, 2.45) is 0 Å². The molecule has 4 rings (SSSR count). The Labute approximate surface area is 169 Å². The van der Waals surface area contributed by atoms with Crippen molar-refractivity contribution >= 4 is 11.8 Å². The fraction of sp³-hybridized carbons (Fsp3) is 0.455. The van der Waals surface area contributed by atoms with Crippen LogP contribution in [-0.4, -0.2) is 51.2 Å². The van der Waals surface area contributed by atoms with E-state index in [9.17, 15) is 14.4 Å². The highest BCUT2D eigenvalue weighted by atomic mass is 16.2. The molecule has 2 amide bonds. The minimum absolute atomic E-state index is 0.00706. The Morgan fingerprint density at radius 2 is 1.93 bits per heavy atom. The molecule has 0 radical (unpaired) electrons. The topological polar surface area (TPSA) is 86.4 Å². The van der Waals surface area contributed by atoms with Crippen LogP contribution in [0, 0.1) is 0 Å². The highest BCUT2D eigenvalue weighted by Gasteiger charge is 2.32. The van der Waals surface area contributed by atoms with Crippen LogP contribution in [0.2, 0.25) is 0 Å². The number of carbonyl (C=O) groups is 2. The Morgan fingerprint density at radius 1 is 1.17 bits per heavy atom. The first-order valence-electron chi connectivity index (χ1n) is 10.1. The lowest BCUT2D eigenvalue weighted by atomic mass is 10.00. The molecule has 0 bridgehead atoms. The number of amides is 2. The van der Waals surface area contributed by atoms with Crippen molar-refractivity contribution in [3.63, 3.8) is 0 Å². The molecule has 1 aromatic carbocycles. The maximum absolute atomic E-state index is 12.9. The van der Waals surface area contributed by atoms with Crippen molar-refractivity contribution in [1.82, 2.24) is 19.8 Å². The number of nitrogens with one attached hydrogen (secondary N) is 1. The molecule has 2 aromatic rings. The smallest absolute Gasteiger partial charge is 0.254 e. The predicted octanol–water partition coefficient (Wildman–Crippen LogP) is 1.79. The van der Waals surface area contributed by atoms with Gasteiger partial charge in [-0.05, 0) is 25.3 Å². The van der Waals surface area contributed by atoms with Crippen LogP contribution in [0.1, 0.15) is 54.7 Å². The summed E-state index contributed by atoms with van der Waals surface area (Å²) in [5.41, 5.74) is 2.25. The van der Waals surface area contributed by atoms with E-state index in [1.807, 2.05) is 42.2 Å². The number of H-pyrrole nitrogens is 1. The SMILES string of the molecule is CC(=O)N1CCc2c(nc([C@H]3CCN(C(=O)[C@@H](C)c4ccccc4)C3)[nH]c2=O)C1. The van der Waals surface area contributed by atoms with Gasteiger partial charge in [0.25, 0.3) is 5.56 Å². The molecule has 29 heavy (non-hydrogen) atoms. The summed E-state index contributed by atoms with van der Waals surface area (Å²) in [5, 5.41) is 0. The number of nitrogens with zero attached hydrogens (tertiary/aromatic N) is 3. The molecule has 0 aliphatic carbocycles. The number of hydrogen-bond donors (Lipinski definition) is 1. The van der Waals surface area contributed by atoms with Gasteiger partial charge in [0.15, 0.2) is 0 Å². The number of likely N-dealkylation sites (tertiary alicyclic amines) is 1. The van der Waals surface area contributed by atoms with Crippen molar-refractivity contribution in [3.8, 4) is 0 Å². The number of carbonyl (C=O) groups excluding carboxylic acids is 2. The lowest BCUT2D eigenvalue weighted by molar-refractivity contribution is -0.131. The van der Waals surface area contributed by atoms with Crippen LogP contribution >= 0.6 is 0 Å². The minimum Gasteiger partial charge on any atom is -0.341 e. The van der Waals surface area contributed by atoms with Gasteiger partial charge in [-0.1, -0.05) is 30.3 Å². The zero-order valence-electron chi connectivity index (χ0n) is 16.9. The Hall–Kier alpha value is -2.96. The molecule has 2 aliphatic rings. The van der Waals surface area contributed by atoms with Crippen LogP contribution in [0.5, 0.6) is 0 Å². The lowest BCUT2D eigenvalue weighted by Crippen LogP contribution is -2.38. The number of aromatic amines is 1. The average molecular weight is 394 g/mol. The van der Waals surface area contributed by atoms with Gasteiger partial charge in [-0.15, -0.1) is 0 Å². The Bertz CT molecular complexity index is 985. The van der Waals surface area contributed by atoms with E-state index in [-0.39, 0.29) is 29.2 Å². The Morgan fingerprint density at radius 3 is 2.66 bits per heavy atom. The molecule has 2 atom stereocenters. The van der Waals surface area contributed by atoms with Gasteiger partial charge in [-0.3, -0.25) is 14.4 Å². The van der Waals surface area contributed by atoms with Gasteiger partial charge < -0.3 is 14.8 Å². The summed E-state index contributed by atoms with van der Waals surface area (Å²) in [6.45, 7) is 5.60. The second-order valence-corrected chi connectivity index (χ2v) is 7.97.